The maximum absolute atomic E-state index is 9.15. The number of hydrogen-bond acceptors (Lipinski definition) is 4. The summed E-state index contributed by atoms with van der Waals surface area (Å²) in [7, 11) is 1.63. The first-order valence-corrected chi connectivity index (χ1v) is 8.14. The van der Waals surface area contributed by atoms with Crippen LogP contribution in [0.5, 0.6) is 11.5 Å². The van der Waals surface area contributed by atoms with Gasteiger partial charge in [0.05, 0.1) is 12.7 Å². The topological polar surface area (TPSA) is 68.3 Å². The minimum absolute atomic E-state index is 0.0958. The van der Waals surface area contributed by atoms with Gasteiger partial charge in [-0.2, -0.15) is 5.26 Å². The largest absolute Gasteiger partial charge is 0.497 e. The van der Waals surface area contributed by atoms with Gasteiger partial charge in [-0.05, 0) is 72.5 Å². The average molecular weight is 352 g/mol. The Morgan fingerprint density at radius 2 is 1.80 bits per heavy atom. The van der Waals surface area contributed by atoms with Crippen LogP contribution >= 0.6 is 12.2 Å². The standard InChI is InChI=1S/C20H20N2O2S/c1-13-8-14(2)17(10-15(13)9-16(11-21)20(22)25)12-24-19-6-4-18(23-3)5-7-19/h4-10H,12H2,1-3H3,(H2,22,25). The summed E-state index contributed by atoms with van der Waals surface area (Å²) in [5.74, 6) is 1.55. The third-order valence-corrected chi connectivity index (χ3v) is 4.08. The summed E-state index contributed by atoms with van der Waals surface area (Å²) in [6.07, 6.45) is 1.72. The smallest absolute Gasteiger partial charge is 0.120 e. The van der Waals surface area contributed by atoms with Gasteiger partial charge in [0, 0.05) is 0 Å². The van der Waals surface area contributed by atoms with Crippen LogP contribution in [0.1, 0.15) is 22.3 Å². The van der Waals surface area contributed by atoms with Crippen LogP contribution in [0.15, 0.2) is 42.0 Å². The van der Waals surface area contributed by atoms with Crippen LogP contribution in [-0.4, -0.2) is 12.1 Å². The second kappa shape index (κ2) is 8.32. The van der Waals surface area contributed by atoms with Crippen LogP contribution in [0.3, 0.4) is 0 Å². The van der Waals surface area contributed by atoms with Crippen molar-refractivity contribution in [2.45, 2.75) is 20.5 Å². The third-order valence-electron chi connectivity index (χ3n) is 3.86. The van der Waals surface area contributed by atoms with E-state index >= 15 is 0 Å². The molecule has 2 rings (SSSR count). The number of nitrogens with zero attached hydrogens (tertiary/aromatic N) is 1. The second-order valence-electron chi connectivity index (χ2n) is 5.63. The lowest BCUT2D eigenvalue weighted by Crippen LogP contribution is -2.10. The van der Waals surface area contributed by atoms with Gasteiger partial charge in [-0.15, -0.1) is 0 Å². The van der Waals surface area contributed by atoms with Crippen molar-refractivity contribution in [3.63, 3.8) is 0 Å². The van der Waals surface area contributed by atoms with Gasteiger partial charge >= 0.3 is 0 Å². The maximum atomic E-state index is 9.15. The summed E-state index contributed by atoms with van der Waals surface area (Å²) in [6, 6.07) is 13.5. The van der Waals surface area contributed by atoms with Gasteiger partial charge in [0.25, 0.3) is 0 Å². The molecule has 0 bridgehead atoms. The number of rotatable bonds is 6. The quantitative estimate of drug-likeness (QED) is 0.482. The molecular weight excluding hydrogens is 332 g/mol. The predicted octanol–water partition coefficient (Wildman–Crippen LogP) is 4.08. The molecule has 0 spiro atoms. The molecule has 0 saturated carbocycles. The Kier molecular flexibility index (Phi) is 6.15. The first kappa shape index (κ1) is 18.5. The van der Waals surface area contributed by atoms with Crippen molar-refractivity contribution in [1.82, 2.24) is 0 Å². The van der Waals surface area contributed by atoms with Crippen LogP contribution in [-0.2, 0) is 6.61 Å². The number of ether oxygens (including phenoxy) is 2. The van der Waals surface area contributed by atoms with Crippen LogP contribution < -0.4 is 15.2 Å². The molecule has 4 nitrogen and oxygen atoms in total. The Hall–Kier alpha value is -2.84. The van der Waals surface area contributed by atoms with Crippen LogP contribution in [0.4, 0.5) is 0 Å². The van der Waals surface area contributed by atoms with Gasteiger partial charge in [0.1, 0.15) is 29.2 Å². The van der Waals surface area contributed by atoms with E-state index in [1.54, 1.807) is 13.2 Å². The van der Waals surface area contributed by atoms with E-state index in [2.05, 4.69) is 6.07 Å². The highest BCUT2D eigenvalue weighted by Crippen LogP contribution is 2.22. The van der Waals surface area contributed by atoms with Crippen molar-refractivity contribution in [2.75, 3.05) is 7.11 Å². The molecule has 0 aromatic heterocycles. The summed E-state index contributed by atoms with van der Waals surface area (Å²) in [5, 5.41) is 9.15. The van der Waals surface area contributed by atoms with E-state index < -0.39 is 0 Å². The van der Waals surface area contributed by atoms with Crippen LogP contribution in [0, 0.1) is 25.2 Å². The van der Waals surface area contributed by atoms with Crippen molar-refractivity contribution < 1.29 is 9.47 Å². The van der Waals surface area contributed by atoms with Crippen molar-refractivity contribution in [2.24, 2.45) is 5.73 Å². The lowest BCUT2D eigenvalue weighted by molar-refractivity contribution is 0.304. The number of thiocarbonyl (C=S) groups is 1. The number of hydrogen-bond donors (Lipinski definition) is 1. The fourth-order valence-corrected chi connectivity index (χ4v) is 2.48. The maximum Gasteiger partial charge on any atom is 0.120 e. The Morgan fingerprint density at radius 1 is 1.16 bits per heavy atom. The minimum Gasteiger partial charge on any atom is -0.497 e. The van der Waals surface area contributed by atoms with E-state index in [9.17, 15) is 0 Å². The summed E-state index contributed by atoms with van der Waals surface area (Å²) in [5.41, 5.74) is 9.99. The van der Waals surface area contributed by atoms with E-state index in [1.807, 2.05) is 50.2 Å². The number of benzene rings is 2. The molecule has 0 unspecified atom stereocenters. The fourth-order valence-electron chi connectivity index (χ4n) is 2.37. The van der Waals surface area contributed by atoms with Gasteiger partial charge in [0.2, 0.25) is 0 Å². The van der Waals surface area contributed by atoms with E-state index in [0.717, 1.165) is 33.8 Å². The van der Waals surface area contributed by atoms with E-state index in [-0.39, 0.29) is 4.99 Å². The lowest BCUT2D eigenvalue weighted by Gasteiger charge is -2.12. The molecule has 0 atom stereocenters. The molecule has 0 aliphatic rings. The molecule has 0 saturated heterocycles. The molecule has 0 aliphatic heterocycles. The lowest BCUT2D eigenvalue weighted by atomic mass is 9.98. The highest BCUT2D eigenvalue weighted by Gasteiger charge is 2.07. The molecule has 2 aromatic rings. The zero-order chi connectivity index (χ0) is 18.4. The number of nitriles is 1. The zero-order valence-corrected chi connectivity index (χ0v) is 15.3. The van der Waals surface area contributed by atoms with Gasteiger partial charge in [-0.3, -0.25) is 0 Å². The molecule has 0 heterocycles. The summed E-state index contributed by atoms with van der Waals surface area (Å²) >= 11 is 4.90. The van der Waals surface area contributed by atoms with Crippen LogP contribution in [0.25, 0.3) is 6.08 Å². The molecular formula is C20H20N2O2S. The molecule has 0 aliphatic carbocycles. The zero-order valence-electron chi connectivity index (χ0n) is 14.5. The molecule has 5 heteroatoms. The average Bonchev–Trinajstić information content (AvgIpc) is 2.60. The number of nitrogens with two attached hydrogens (primary N) is 1. The Bertz CT molecular complexity index is 849. The minimum atomic E-state index is 0.0958. The monoisotopic (exact) mass is 352 g/mol. The first-order chi connectivity index (χ1) is 11.9. The van der Waals surface area contributed by atoms with Gasteiger partial charge in [-0.25, -0.2) is 0 Å². The fraction of sp³-hybridized carbons (Fsp3) is 0.200. The predicted molar refractivity (Wildman–Crippen MR) is 104 cm³/mol. The Labute approximate surface area is 153 Å². The van der Waals surface area contributed by atoms with Crippen molar-refractivity contribution in [3.05, 3.63) is 64.2 Å². The van der Waals surface area contributed by atoms with E-state index in [1.165, 1.54) is 0 Å². The second-order valence-corrected chi connectivity index (χ2v) is 6.07. The van der Waals surface area contributed by atoms with Crippen molar-refractivity contribution in [3.8, 4) is 17.6 Å². The highest BCUT2D eigenvalue weighted by molar-refractivity contribution is 7.80. The van der Waals surface area contributed by atoms with Gasteiger partial charge in [-0.1, -0.05) is 18.3 Å². The Balaban J connectivity index is 2.24. The molecule has 25 heavy (non-hydrogen) atoms. The molecule has 0 fully saturated rings. The van der Waals surface area contributed by atoms with E-state index in [0.29, 0.717) is 12.2 Å². The van der Waals surface area contributed by atoms with Crippen LogP contribution in [0.2, 0.25) is 0 Å². The molecule has 2 aromatic carbocycles. The normalized spacial score (nSPS) is 10.9. The molecule has 2 N–H and O–H groups in total. The molecule has 0 amide bonds. The summed E-state index contributed by atoms with van der Waals surface area (Å²) < 4.78 is 11.0. The molecule has 0 radical (unpaired) electrons. The summed E-state index contributed by atoms with van der Waals surface area (Å²) in [4.78, 5) is 0.0958. The Morgan fingerprint density at radius 3 is 2.36 bits per heavy atom. The van der Waals surface area contributed by atoms with Gasteiger partial charge < -0.3 is 15.2 Å². The van der Waals surface area contributed by atoms with E-state index in [4.69, 9.17) is 32.7 Å². The molecule has 128 valence electrons. The van der Waals surface area contributed by atoms with Crippen molar-refractivity contribution in [1.29, 1.82) is 5.26 Å². The number of methoxy groups -OCH3 is 1. The van der Waals surface area contributed by atoms with Gasteiger partial charge in [0.15, 0.2) is 0 Å². The van der Waals surface area contributed by atoms with Crippen molar-refractivity contribution >= 4 is 23.3 Å². The first-order valence-electron chi connectivity index (χ1n) is 7.73. The third kappa shape index (κ3) is 4.82. The SMILES string of the molecule is COc1ccc(OCc2cc(C=C(C#N)C(N)=S)c(C)cc2C)cc1. The summed E-state index contributed by atoms with van der Waals surface area (Å²) in [6.45, 7) is 4.45. The highest BCUT2D eigenvalue weighted by atomic mass is 32.1. The number of aryl methyl sites for hydroxylation is 2.